The highest BCUT2D eigenvalue weighted by molar-refractivity contribution is 7.80. The summed E-state index contributed by atoms with van der Waals surface area (Å²) in [6.45, 7) is 1.99. The van der Waals surface area contributed by atoms with Crippen molar-refractivity contribution in [2.75, 3.05) is 16.0 Å². The van der Waals surface area contributed by atoms with Gasteiger partial charge in [0.05, 0.1) is 0 Å². The fraction of sp³-hybridized carbons (Fsp3) is 0.0476. The average molecular weight is 361 g/mol. The quantitative estimate of drug-likeness (QED) is 0.569. The van der Waals surface area contributed by atoms with Crippen molar-refractivity contribution in [2.45, 2.75) is 6.92 Å². The van der Waals surface area contributed by atoms with Crippen molar-refractivity contribution in [1.82, 2.24) is 0 Å². The van der Waals surface area contributed by atoms with Gasteiger partial charge in [0, 0.05) is 22.6 Å². The summed E-state index contributed by atoms with van der Waals surface area (Å²) in [5, 5.41) is 9.57. The maximum Gasteiger partial charge on any atom is 0.255 e. The van der Waals surface area contributed by atoms with Crippen LogP contribution in [0.15, 0.2) is 78.9 Å². The summed E-state index contributed by atoms with van der Waals surface area (Å²) >= 11 is 5.32. The molecule has 0 spiro atoms. The summed E-state index contributed by atoms with van der Waals surface area (Å²) in [7, 11) is 0. The summed E-state index contributed by atoms with van der Waals surface area (Å²) in [5.74, 6) is -0.166. The van der Waals surface area contributed by atoms with Gasteiger partial charge in [0.2, 0.25) is 0 Å². The molecule has 0 atom stereocenters. The maximum absolute atomic E-state index is 12.5. The zero-order chi connectivity index (χ0) is 18.4. The molecule has 26 heavy (non-hydrogen) atoms. The molecule has 3 aromatic rings. The lowest BCUT2D eigenvalue weighted by Crippen LogP contribution is -2.19. The number of carbonyl (C=O) groups is 1. The number of benzene rings is 3. The Morgan fingerprint density at radius 1 is 0.731 bits per heavy atom. The number of para-hydroxylation sites is 1. The molecule has 0 aliphatic rings. The fourth-order valence-electron chi connectivity index (χ4n) is 2.48. The van der Waals surface area contributed by atoms with E-state index in [0.29, 0.717) is 10.7 Å². The molecule has 130 valence electrons. The van der Waals surface area contributed by atoms with Crippen LogP contribution >= 0.6 is 12.2 Å². The minimum atomic E-state index is -0.166. The predicted molar refractivity (Wildman–Crippen MR) is 112 cm³/mol. The minimum absolute atomic E-state index is 0.166. The topological polar surface area (TPSA) is 53.2 Å². The van der Waals surface area contributed by atoms with Crippen LogP contribution in [-0.4, -0.2) is 11.0 Å². The number of rotatable bonds is 4. The number of aryl methyl sites for hydroxylation is 1. The summed E-state index contributed by atoms with van der Waals surface area (Å²) in [4.78, 5) is 12.5. The molecule has 3 aromatic carbocycles. The van der Waals surface area contributed by atoms with Gasteiger partial charge in [0.1, 0.15) is 0 Å². The van der Waals surface area contributed by atoms with Crippen molar-refractivity contribution < 1.29 is 4.79 Å². The number of anilines is 3. The predicted octanol–water partition coefficient (Wildman–Crippen LogP) is 5.06. The van der Waals surface area contributed by atoms with Gasteiger partial charge in [-0.15, -0.1) is 0 Å². The number of amides is 1. The molecule has 0 saturated heterocycles. The van der Waals surface area contributed by atoms with Gasteiger partial charge in [-0.3, -0.25) is 4.79 Å². The normalized spacial score (nSPS) is 10.0. The van der Waals surface area contributed by atoms with Crippen molar-refractivity contribution >= 4 is 40.3 Å². The van der Waals surface area contributed by atoms with Gasteiger partial charge in [-0.2, -0.15) is 0 Å². The molecule has 4 nitrogen and oxygen atoms in total. The largest absolute Gasteiger partial charge is 0.332 e. The van der Waals surface area contributed by atoms with Gasteiger partial charge in [-0.1, -0.05) is 36.4 Å². The Bertz CT molecular complexity index is 925. The molecule has 0 fully saturated rings. The SMILES string of the molecule is Cc1cccc(NC(=O)c2cccc(NC(=S)Nc3ccccc3)c2)c1. The van der Waals surface area contributed by atoms with E-state index < -0.39 is 0 Å². The summed E-state index contributed by atoms with van der Waals surface area (Å²) in [6.07, 6.45) is 0. The second-order valence-electron chi connectivity index (χ2n) is 5.85. The van der Waals surface area contributed by atoms with E-state index in [1.165, 1.54) is 0 Å². The number of hydrogen-bond acceptors (Lipinski definition) is 2. The molecule has 3 N–H and O–H groups in total. The smallest absolute Gasteiger partial charge is 0.255 e. The summed E-state index contributed by atoms with van der Waals surface area (Å²) < 4.78 is 0. The van der Waals surface area contributed by atoms with E-state index in [1.807, 2.05) is 73.7 Å². The van der Waals surface area contributed by atoms with Crippen LogP contribution in [0.5, 0.6) is 0 Å². The third kappa shape index (κ3) is 4.91. The fourth-order valence-corrected chi connectivity index (χ4v) is 2.71. The zero-order valence-corrected chi connectivity index (χ0v) is 15.1. The first-order chi connectivity index (χ1) is 12.6. The Hall–Kier alpha value is -3.18. The van der Waals surface area contributed by atoms with E-state index in [0.717, 1.165) is 22.6 Å². The first kappa shape index (κ1) is 17.6. The Balaban J connectivity index is 1.65. The van der Waals surface area contributed by atoms with E-state index in [4.69, 9.17) is 12.2 Å². The molecule has 1 amide bonds. The Morgan fingerprint density at radius 2 is 1.35 bits per heavy atom. The van der Waals surface area contributed by atoms with Crippen molar-refractivity contribution in [2.24, 2.45) is 0 Å². The molecule has 5 heteroatoms. The highest BCUT2D eigenvalue weighted by atomic mass is 32.1. The van der Waals surface area contributed by atoms with Gasteiger partial charge in [-0.05, 0) is 67.2 Å². The average Bonchev–Trinajstić information content (AvgIpc) is 2.62. The van der Waals surface area contributed by atoms with Gasteiger partial charge >= 0.3 is 0 Å². The third-order valence-corrected chi connectivity index (χ3v) is 3.89. The minimum Gasteiger partial charge on any atom is -0.332 e. The third-order valence-electron chi connectivity index (χ3n) is 3.69. The van der Waals surface area contributed by atoms with Crippen molar-refractivity contribution in [3.8, 4) is 0 Å². The zero-order valence-electron chi connectivity index (χ0n) is 14.3. The summed E-state index contributed by atoms with van der Waals surface area (Å²) in [6, 6.07) is 24.6. The highest BCUT2D eigenvalue weighted by Crippen LogP contribution is 2.15. The Morgan fingerprint density at radius 3 is 2.08 bits per heavy atom. The lowest BCUT2D eigenvalue weighted by atomic mass is 10.1. The van der Waals surface area contributed by atoms with E-state index in [1.54, 1.807) is 12.1 Å². The van der Waals surface area contributed by atoms with Crippen LogP contribution < -0.4 is 16.0 Å². The van der Waals surface area contributed by atoms with Crippen LogP contribution in [0.4, 0.5) is 17.1 Å². The molecule has 0 radical (unpaired) electrons. The molecule has 3 rings (SSSR count). The molecule has 0 saturated carbocycles. The second kappa shape index (κ2) is 8.27. The van der Waals surface area contributed by atoms with Crippen molar-refractivity contribution in [1.29, 1.82) is 0 Å². The van der Waals surface area contributed by atoms with Gasteiger partial charge < -0.3 is 16.0 Å². The number of nitrogens with one attached hydrogen (secondary N) is 3. The van der Waals surface area contributed by atoms with Crippen LogP contribution in [0, 0.1) is 6.92 Å². The second-order valence-corrected chi connectivity index (χ2v) is 6.26. The van der Waals surface area contributed by atoms with Gasteiger partial charge in [0.15, 0.2) is 5.11 Å². The van der Waals surface area contributed by atoms with E-state index in [-0.39, 0.29) is 5.91 Å². The first-order valence-electron chi connectivity index (χ1n) is 8.21. The molecule has 0 unspecified atom stereocenters. The van der Waals surface area contributed by atoms with Crippen LogP contribution in [0.25, 0.3) is 0 Å². The monoisotopic (exact) mass is 361 g/mol. The summed E-state index contributed by atoms with van der Waals surface area (Å²) in [5.41, 5.74) is 4.07. The number of carbonyl (C=O) groups excluding carboxylic acids is 1. The number of thiocarbonyl (C=S) groups is 1. The lowest BCUT2D eigenvalue weighted by Gasteiger charge is -2.12. The van der Waals surface area contributed by atoms with E-state index in [2.05, 4.69) is 16.0 Å². The maximum atomic E-state index is 12.5. The molecule has 0 aliphatic carbocycles. The van der Waals surface area contributed by atoms with Crippen LogP contribution in [-0.2, 0) is 0 Å². The Kier molecular flexibility index (Phi) is 5.61. The molecule has 0 heterocycles. The van der Waals surface area contributed by atoms with Crippen LogP contribution in [0.1, 0.15) is 15.9 Å². The number of hydrogen-bond donors (Lipinski definition) is 3. The Labute approximate surface area is 158 Å². The van der Waals surface area contributed by atoms with Crippen molar-refractivity contribution in [3.63, 3.8) is 0 Å². The van der Waals surface area contributed by atoms with E-state index >= 15 is 0 Å². The molecule has 0 aliphatic heterocycles. The van der Waals surface area contributed by atoms with Gasteiger partial charge in [-0.25, -0.2) is 0 Å². The van der Waals surface area contributed by atoms with Gasteiger partial charge in [0.25, 0.3) is 5.91 Å². The first-order valence-corrected chi connectivity index (χ1v) is 8.62. The standard InChI is InChI=1S/C21H19N3OS/c1-15-7-5-11-18(13-15)22-20(25)16-8-6-12-19(14-16)24-21(26)23-17-9-3-2-4-10-17/h2-14H,1H3,(H,22,25)(H2,23,24,26). The van der Waals surface area contributed by atoms with Crippen LogP contribution in [0.3, 0.4) is 0 Å². The van der Waals surface area contributed by atoms with E-state index in [9.17, 15) is 4.79 Å². The molecular weight excluding hydrogens is 342 g/mol. The molecular formula is C21H19N3OS. The highest BCUT2D eigenvalue weighted by Gasteiger charge is 2.08. The van der Waals surface area contributed by atoms with Crippen LogP contribution in [0.2, 0.25) is 0 Å². The molecule has 0 aromatic heterocycles. The van der Waals surface area contributed by atoms with Crippen molar-refractivity contribution in [3.05, 3.63) is 90.0 Å². The molecule has 0 bridgehead atoms. The lowest BCUT2D eigenvalue weighted by molar-refractivity contribution is 0.102.